The second-order valence-corrected chi connectivity index (χ2v) is 19.3. The van der Waals surface area contributed by atoms with E-state index in [1.165, 1.54) is 0 Å². The maximum absolute atomic E-state index is 11.8. The zero-order valence-electron chi connectivity index (χ0n) is 15.4. The average Bonchev–Trinajstić information content (AvgIpc) is 2.31. The van der Waals surface area contributed by atoms with Gasteiger partial charge in [0.15, 0.2) is 16.6 Å². The van der Waals surface area contributed by atoms with Gasteiger partial charge in [-0.25, -0.2) is 4.79 Å². The Hall–Kier alpha value is -0.479. The van der Waals surface area contributed by atoms with E-state index in [0.29, 0.717) is 5.57 Å². The van der Waals surface area contributed by atoms with Gasteiger partial charge >= 0.3 is 15.3 Å². The molecule has 0 radical (unpaired) electrons. The molecule has 128 valence electrons. The number of esters is 1. The summed E-state index contributed by atoms with van der Waals surface area (Å²) in [7, 11) is -5.29. The van der Waals surface area contributed by atoms with Crippen molar-refractivity contribution in [2.24, 2.45) is 0 Å². The minimum atomic E-state index is -1.90. The Morgan fingerprint density at radius 1 is 1.14 bits per heavy atom. The van der Waals surface area contributed by atoms with Gasteiger partial charge in [0, 0.05) is 11.1 Å². The number of hydrogen-bond donors (Lipinski definition) is 0. The highest BCUT2D eigenvalue weighted by molar-refractivity contribution is 6.81. The molecule has 22 heavy (non-hydrogen) atoms. The van der Waals surface area contributed by atoms with Crippen molar-refractivity contribution in [2.45, 2.75) is 65.1 Å². The Kier molecular flexibility index (Phi) is 8.78. The molecule has 0 aliphatic rings. The maximum atomic E-state index is 11.8. The Morgan fingerprint density at radius 3 is 1.91 bits per heavy atom. The average molecular weight is 361 g/mol. The highest BCUT2D eigenvalue weighted by Crippen LogP contribution is 2.26. The van der Waals surface area contributed by atoms with Crippen LogP contribution in [0.4, 0.5) is 0 Å². The SMILES string of the molecule is C=COC(=O)C(C)=CC(CC)[SiH](O[Si](C)(C)C)O[Si](C)(C)C. The van der Waals surface area contributed by atoms with Crippen LogP contribution in [0.15, 0.2) is 24.5 Å². The summed E-state index contributed by atoms with van der Waals surface area (Å²) in [5.41, 5.74) is 0.749. The van der Waals surface area contributed by atoms with Crippen molar-refractivity contribution in [1.82, 2.24) is 0 Å². The highest BCUT2D eigenvalue weighted by atomic mass is 28.4. The molecule has 0 rings (SSSR count). The minimum absolute atomic E-state index is 0.163. The van der Waals surface area contributed by atoms with Crippen molar-refractivity contribution in [3.8, 4) is 0 Å². The van der Waals surface area contributed by atoms with Gasteiger partial charge in [0.05, 0.1) is 6.26 Å². The molecule has 0 aromatic rings. The van der Waals surface area contributed by atoms with Crippen LogP contribution in [0.5, 0.6) is 0 Å². The highest BCUT2D eigenvalue weighted by Gasteiger charge is 2.33. The summed E-state index contributed by atoms with van der Waals surface area (Å²) in [5, 5.41) is 0. The molecule has 0 saturated carbocycles. The third-order valence-corrected chi connectivity index (χ3v) is 11.6. The van der Waals surface area contributed by atoms with Crippen LogP contribution in [0.1, 0.15) is 20.3 Å². The zero-order chi connectivity index (χ0) is 17.6. The molecule has 4 nitrogen and oxygen atoms in total. The van der Waals surface area contributed by atoms with E-state index in [2.05, 4.69) is 52.8 Å². The van der Waals surface area contributed by atoms with Crippen molar-refractivity contribution in [2.75, 3.05) is 0 Å². The van der Waals surface area contributed by atoms with E-state index < -0.39 is 25.9 Å². The maximum Gasteiger partial charge on any atom is 0.338 e. The van der Waals surface area contributed by atoms with Crippen LogP contribution >= 0.6 is 0 Å². The van der Waals surface area contributed by atoms with Crippen molar-refractivity contribution in [3.05, 3.63) is 24.5 Å². The lowest BCUT2D eigenvalue weighted by atomic mass is 10.2. The second-order valence-electron chi connectivity index (χ2n) is 7.32. The topological polar surface area (TPSA) is 44.8 Å². The van der Waals surface area contributed by atoms with E-state index in [4.69, 9.17) is 13.0 Å². The number of carbonyl (C=O) groups is 1. The minimum Gasteiger partial charge on any atom is -0.438 e. The predicted octanol–water partition coefficient (Wildman–Crippen LogP) is 4.32. The van der Waals surface area contributed by atoms with Gasteiger partial charge in [-0.2, -0.15) is 0 Å². The fraction of sp³-hybridized carbons (Fsp3) is 0.667. The molecule has 0 saturated heterocycles. The monoisotopic (exact) mass is 360 g/mol. The van der Waals surface area contributed by atoms with Gasteiger partial charge in [-0.1, -0.05) is 19.6 Å². The Labute approximate surface area is 139 Å². The van der Waals surface area contributed by atoms with Gasteiger partial charge < -0.3 is 13.0 Å². The molecule has 1 atom stereocenters. The quantitative estimate of drug-likeness (QED) is 0.266. The fourth-order valence-electron chi connectivity index (χ4n) is 1.84. The molecule has 0 bridgehead atoms. The molecule has 7 heteroatoms. The molecule has 0 fully saturated rings. The summed E-state index contributed by atoms with van der Waals surface area (Å²) in [6.07, 6.45) is 4.01. The third kappa shape index (κ3) is 9.52. The number of ether oxygens (including phenoxy) is 1. The zero-order valence-corrected chi connectivity index (χ0v) is 18.5. The third-order valence-electron chi connectivity index (χ3n) is 2.74. The molecular formula is C15H32O4Si3. The van der Waals surface area contributed by atoms with Gasteiger partial charge in [0.2, 0.25) is 0 Å². The summed E-state index contributed by atoms with van der Waals surface area (Å²) in [4.78, 5) is 11.8. The van der Waals surface area contributed by atoms with Gasteiger partial charge in [-0.3, -0.25) is 0 Å². The Morgan fingerprint density at radius 2 is 1.59 bits per heavy atom. The van der Waals surface area contributed by atoms with E-state index in [0.717, 1.165) is 12.7 Å². The van der Waals surface area contributed by atoms with E-state index >= 15 is 0 Å². The van der Waals surface area contributed by atoms with Gasteiger partial charge in [-0.05, 0) is 52.6 Å². The Balaban J connectivity index is 5.32. The number of hydrogen-bond acceptors (Lipinski definition) is 4. The van der Waals surface area contributed by atoms with Crippen LogP contribution < -0.4 is 0 Å². The van der Waals surface area contributed by atoms with Crippen molar-refractivity contribution in [3.63, 3.8) is 0 Å². The molecule has 0 aliphatic heterocycles. The van der Waals surface area contributed by atoms with Crippen LogP contribution in [0.3, 0.4) is 0 Å². The number of rotatable bonds is 9. The summed E-state index contributed by atoms with van der Waals surface area (Å²) in [6.45, 7) is 20.3. The van der Waals surface area contributed by atoms with Crippen LogP contribution in [0.2, 0.25) is 44.8 Å². The normalized spacial score (nSPS) is 14.9. The first-order chi connectivity index (χ1) is 9.89. The van der Waals surface area contributed by atoms with E-state index in [1.807, 2.05) is 6.08 Å². The molecule has 0 amide bonds. The summed E-state index contributed by atoms with van der Waals surface area (Å²) in [6, 6.07) is 0. The number of carbonyl (C=O) groups excluding carboxylic acids is 1. The molecule has 0 spiro atoms. The Bertz CT molecular complexity index is 392. The van der Waals surface area contributed by atoms with Crippen LogP contribution in [-0.2, 0) is 17.8 Å². The van der Waals surface area contributed by atoms with Crippen LogP contribution in [-0.4, -0.2) is 31.9 Å². The molecule has 0 aromatic heterocycles. The van der Waals surface area contributed by atoms with Crippen molar-refractivity contribution in [1.29, 1.82) is 0 Å². The largest absolute Gasteiger partial charge is 0.438 e. The van der Waals surface area contributed by atoms with Gasteiger partial charge in [0.25, 0.3) is 0 Å². The van der Waals surface area contributed by atoms with Crippen LogP contribution in [0.25, 0.3) is 0 Å². The smallest absolute Gasteiger partial charge is 0.338 e. The predicted molar refractivity (Wildman–Crippen MR) is 100 cm³/mol. The molecule has 1 unspecified atom stereocenters. The van der Waals surface area contributed by atoms with Crippen molar-refractivity contribution < 1.29 is 17.8 Å². The second kappa shape index (κ2) is 8.97. The lowest BCUT2D eigenvalue weighted by molar-refractivity contribution is -0.133. The molecule has 0 heterocycles. The lowest BCUT2D eigenvalue weighted by Crippen LogP contribution is -2.45. The molecule has 0 aliphatic carbocycles. The molecule has 0 N–H and O–H groups in total. The van der Waals surface area contributed by atoms with Crippen LogP contribution in [0, 0.1) is 0 Å². The lowest BCUT2D eigenvalue weighted by Gasteiger charge is -2.34. The summed E-state index contributed by atoms with van der Waals surface area (Å²) >= 11 is 0. The van der Waals surface area contributed by atoms with Gasteiger partial charge in [0.1, 0.15) is 0 Å². The first kappa shape index (κ1) is 21.5. The van der Waals surface area contributed by atoms with E-state index in [9.17, 15) is 4.79 Å². The summed E-state index contributed by atoms with van der Waals surface area (Å²) < 4.78 is 17.6. The van der Waals surface area contributed by atoms with Gasteiger partial charge in [-0.15, -0.1) is 0 Å². The molecular weight excluding hydrogens is 328 g/mol. The fourth-order valence-corrected chi connectivity index (χ4v) is 10.3. The van der Waals surface area contributed by atoms with Crippen molar-refractivity contribution >= 4 is 31.9 Å². The summed E-state index contributed by atoms with van der Waals surface area (Å²) in [5.74, 6) is -0.359. The molecule has 0 aromatic carbocycles. The first-order valence-corrected chi connectivity index (χ1v) is 16.2. The standard InChI is InChI=1S/C15H32O4Si3/c1-10-14(12-13(3)15(16)17-11-2)20(18-21(4,5)6)19-22(7,8)9/h11-12,14,20H,2,10H2,1,3-9H3. The van der Waals surface area contributed by atoms with E-state index in [-0.39, 0.29) is 11.5 Å². The first-order valence-electron chi connectivity index (χ1n) is 7.75. The van der Waals surface area contributed by atoms with E-state index in [1.54, 1.807) is 6.92 Å². The number of allylic oxidation sites excluding steroid dienone is 1.